The number of para-hydroxylation sites is 2. The molecule has 8 heteroatoms. The summed E-state index contributed by atoms with van der Waals surface area (Å²) in [6.07, 6.45) is 0. The van der Waals surface area contributed by atoms with Crippen LogP contribution in [0.4, 0.5) is 34.1 Å². The van der Waals surface area contributed by atoms with Gasteiger partial charge in [0.2, 0.25) is 0 Å². The molecule has 2 N–H and O–H groups in total. The summed E-state index contributed by atoms with van der Waals surface area (Å²) in [6.45, 7) is 0. The van der Waals surface area contributed by atoms with Crippen molar-refractivity contribution in [3.63, 3.8) is 0 Å². The van der Waals surface area contributed by atoms with Gasteiger partial charge in [-0.25, -0.2) is 9.80 Å². The third-order valence-electron chi connectivity index (χ3n) is 11.0. The van der Waals surface area contributed by atoms with Gasteiger partial charge in [0.25, 0.3) is 23.6 Å². The average Bonchev–Trinajstić information content (AvgIpc) is 3.23. The molecule has 0 aromatic heterocycles. The Kier molecular flexibility index (Phi) is 6.69. The van der Waals surface area contributed by atoms with E-state index in [0.717, 1.165) is 55.1 Å². The maximum atomic E-state index is 14.2. The molecule has 0 unspecified atom stereocenters. The first-order valence-corrected chi connectivity index (χ1v) is 18.3. The van der Waals surface area contributed by atoms with Crippen molar-refractivity contribution in [1.82, 2.24) is 0 Å². The molecule has 9 aromatic rings. The van der Waals surface area contributed by atoms with E-state index in [4.69, 9.17) is 0 Å². The van der Waals surface area contributed by atoms with Crippen LogP contribution in [-0.2, 0) is 0 Å². The fraction of sp³-hybridized carbons (Fsp3) is 0. The second-order valence-corrected chi connectivity index (χ2v) is 14.1. The van der Waals surface area contributed by atoms with Gasteiger partial charge in [0.05, 0.1) is 11.4 Å². The number of benzene rings is 9. The standard InChI is InChI=1S/C48H28N4O4/c53-45-37-23-19-33-35-21-25-39-44-40(48(56)52(47(39)55)32-17-13-30(14-18-32)50-28-9-5-2-6-10-28)26-22-36(42(35)44)34-20-24-38(43(37)41(33)34)46(54)51(45)31-15-11-29(12-16-31)49-27-7-3-1-4-8-27/h1-26,49-50H. The lowest BCUT2D eigenvalue weighted by molar-refractivity contribution is 0.0877. The van der Waals surface area contributed by atoms with Crippen molar-refractivity contribution in [3.05, 3.63) is 180 Å². The molecule has 0 saturated heterocycles. The molecule has 0 aliphatic carbocycles. The number of imide groups is 2. The fourth-order valence-corrected chi connectivity index (χ4v) is 8.50. The number of hydrogen-bond acceptors (Lipinski definition) is 6. The number of fused-ring (bicyclic) bond motifs is 2. The number of amides is 4. The average molecular weight is 725 g/mol. The van der Waals surface area contributed by atoms with Crippen molar-refractivity contribution < 1.29 is 19.2 Å². The third kappa shape index (κ3) is 4.53. The molecule has 2 heterocycles. The summed E-state index contributed by atoms with van der Waals surface area (Å²) < 4.78 is 0. The molecule has 0 saturated carbocycles. The summed E-state index contributed by atoms with van der Waals surface area (Å²) in [4.78, 5) is 59.4. The Balaban J connectivity index is 0.990. The lowest BCUT2D eigenvalue weighted by Gasteiger charge is -2.30. The minimum absolute atomic E-state index is 0.397. The molecule has 2 aliphatic heterocycles. The Morgan fingerprint density at radius 3 is 0.875 bits per heavy atom. The Morgan fingerprint density at radius 1 is 0.286 bits per heavy atom. The SMILES string of the molecule is O=C1c2ccc3c4ccc5c6c(ccc(c7ccc(c2c37)C(=O)N1c1ccc(Nc2ccccc2)cc1)c64)C(=O)N(c1ccc(Nc2ccccc2)cc1)C5=O. The van der Waals surface area contributed by atoms with Crippen LogP contribution >= 0.6 is 0 Å². The Labute approximate surface area is 319 Å². The zero-order valence-corrected chi connectivity index (χ0v) is 29.5. The van der Waals surface area contributed by atoms with Crippen LogP contribution in [0, 0.1) is 0 Å². The summed E-state index contributed by atoms with van der Waals surface area (Å²) in [6, 6.07) is 48.8. The highest BCUT2D eigenvalue weighted by molar-refractivity contribution is 6.45. The number of carbonyl (C=O) groups is 4. The molecule has 0 fully saturated rings. The van der Waals surface area contributed by atoms with Crippen molar-refractivity contribution in [1.29, 1.82) is 0 Å². The van der Waals surface area contributed by atoms with E-state index in [1.165, 1.54) is 9.80 Å². The van der Waals surface area contributed by atoms with Gasteiger partial charge >= 0.3 is 0 Å². The monoisotopic (exact) mass is 724 g/mol. The van der Waals surface area contributed by atoms with E-state index in [2.05, 4.69) is 10.6 Å². The zero-order valence-electron chi connectivity index (χ0n) is 29.5. The molecular formula is C48H28N4O4. The van der Waals surface area contributed by atoms with Crippen molar-refractivity contribution in [2.45, 2.75) is 0 Å². The van der Waals surface area contributed by atoms with Gasteiger partial charge in [-0.3, -0.25) is 19.2 Å². The summed E-state index contributed by atoms with van der Waals surface area (Å²) in [5.41, 5.74) is 6.22. The van der Waals surface area contributed by atoms with Crippen molar-refractivity contribution in [2.24, 2.45) is 0 Å². The van der Waals surface area contributed by atoms with Gasteiger partial charge in [0, 0.05) is 55.8 Å². The van der Waals surface area contributed by atoms with E-state index in [1.807, 2.05) is 109 Å². The van der Waals surface area contributed by atoms with Crippen LogP contribution in [0.2, 0.25) is 0 Å². The predicted octanol–water partition coefficient (Wildman–Crippen LogP) is 10.8. The second-order valence-electron chi connectivity index (χ2n) is 14.1. The Hall–Kier alpha value is -7.84. The van der Waals surface area contributed by atoms with Crippen LogP contribution in [0.1, 0.15) is 41.4 Å². The van der Waals surface area contributed by atoms with Crippen molar-refractivity contribution in [2.75, 3.05) is 20.4 Å². The second kappa shape index (κ2) is 11.8. The largest absolute Gasteiger partial charge is 0.356 e. The molecule has 9 aromatic carbocycles. The maximum absolute atomic E-state index is 14.2. The molecule has 0 atom stereocenters. The number of anilines is 6. The van der Waals surface area contributed by atoms with Crippen LogP contribution in [0.5, 0.6) is 0 Å². The van der Waals surface area contributed by atoms with E-state index in [9.17, 15) is 19.2 Å². The highest BCUT2D eigenvalue weighted by Crippen LogP contribution is 2.47. The summed E-state index contributed by atoms with van der Waals surface area (Å²) in [5, 5.41) is 12.9. The molecule has 4 amide bonds. The first kappa shape index (κ1) is 31.7. The molecule has 8 nitrogen and oxygen atoms in total. The molecule has 2 aliphatic rings. The molecule has 56 heavy (non-hydrogen) atoms. The highest BCUT2D eigenvalue weighted by Gasteiger charge is 2.38. The number of nitrogens with one attached hydrogen (secondary N) is 2. The van der Waals surface area contributed by atoms with Crippen molar-refractivity contribution in [3.8, 4) is 0 Å². The van der Waals surface area contributed by atoms with Gasteiger partial charge in [-0.1, -0.05) is 60.7 Å². The Bertz CT molecular complexity index is 2810. The van der Waals surface area contributed by atoms with Crippen LogP contribution < -0.4 is 20.4 Å². The van der Waals surface area contributed by atoms with E-state index in [1.54, 1.807) is 48.5 Å². The zero-order chi connectivity index (χ0) is 37.7. The molecule has 264 valence electrons. The van der Waals surface area contributed by atoms with Crippen LogP contribution in [0.3, 0.4) is 0 Å². The minimum atomic E-state index is -0.397. The molecule has 11 rings (SSSR count). The van der Waals surface area contributed by atoms with Crippen LogP contribution in [0.15, 0.2) is 158 Å². The van der Waals surface area contributed by atoms with Gasteiger partial charge < -0.3 is 10.6 Å². The lowest BCUT2D eigenvalue weighted by atomic mass is 9.82. The number of hydrogen-bond donors (Lipinski definition) is 2. The van der Waals surface area contributed by atoms with E-state index >= 15 is 0 Å². The summed E-state index contributed by atoms with van der Waals surface area (Å²) in [5.74, 6) is -1.59. The third-order valence-corrected chi connectivity index (χ3v) is 11.0. The predicted molar refractivity (Wildman–Crippen MR) is 222 cm³/mol. The molecular weight excluding hydrogens is 697 g/mol. The van der Waals surface area contributed by atoms with Crippen LogP contribution in [0.25, 0.3) is 43.1 Å². The van der Waals surface area contributed by atoms with Gasteiger partial charge in [0.1, 0.15) is 0 Å². The number of nitrogens with zero attached hydrogens (tertiary/aromatic N) is 2. The lowest BCUT2D eigenvalue weighted by Crippen LogP contribution is -2.40. The number of rotatable bonds is 6. The topological polar surface area (TPSA) is 98.8 Å². The summed E-state index contributed by atoms with van der Waals surface area (Å²) >= 11 is 0. The molecule has 0 bridgehead atoms. The highest BCUT2D eigenvalue weighted by atomic mass is 16.2. The first-order valence-electron chi connectivity index (χ1n) is 18.3. The van der Waals surface area contributed by atoms with E-state index in [0.29, 0.717) is 44.4 Å². The fourth-order valence-electron chi connectivity index (χ4n) is 8.50. The van der Waals surface area contributed by atoms with E-state index < -0.39 is 23.6 Å². The smallest absolute Gasteiger partial charge is 0.265 e. The van der Waals surface area contributed by atoms with Gasteiger partial charge in [-0.2, -0.15) is 0 Å². The van der Waals surface area contributed by atoms with Gasteiger partial charge in [0.15, 0.2) is 0 Å². The Morgan fingerprint density at radius 2 is 0.571 bits per heavy atom. The molecule has 0 spiro atoms. The normalized spacial score (nSPS) is 13.8. The summed E-state index contributed by atoms with van der Waals surface area (Å²) in [7, 11) is 0. The number of carbonyl (C=O) groups excluding carboxylic acids is 4. The van der Waals surface area contributed by atoms with Crippen LogP contribution in [-0.4, -0.2) is 23.6 Å². The van der Waals surface area contributed by atoms with E-state index in [-0.39, 0.29) is 0 Å². The van der Waals surface area contributed by atoms with Gasteiger partial charge in [-0.05, 0) is 129 Å². The maximum Gasteiger partial charge on any atom is 0.265 e. The first-order chi connectivity index (χ1) is 27.4. The van der Waals surface area contributed by atoms with Gasteiger partial charge in [-0.15, -0.1) is 0 Å². The molecule has 0 radical (unpaired) electrons. The quantitative estimate of drug-likeness (QED) is 0.101. The minimum Gasteiger partial charge on any atom is -0.356 e. The van der Waals surface area contributed by atoms with Crippen molar-refractivity contribution >= 4 is 101 Å².